The van der Waals surface area contributed by atoms with E-state index in [1.54, 1.807) is 12.1 Å². The van der Waals surface area contributed by atoms with Crippen LogP contribution in [0.3, 0.4) is 0 Å². The van der Waals surface area contributed by atoms with E-state index in [4.69, 9.17) is 16.7 Å². The molecule has 0 amide bonds. The molecule has 2 aromatic rings. The van der Waals surface area contributed by atoms with Crippen molar-refractivity contribution in [3.63, 3.8) is 0 Å². The number of carboxylic acids is 1. The van der Waals surface area contributed by atoms with Gasteiger partial charge in [-0.3, -0.25) is 4.21 Å². The lowest BCUT2D eigenvalue weighted by atomic mass is 10.2. The fraction of sp³-hybridized carbons (Fsp3) is 0.133. The molecule has 21 heavy (non-hydrogen) atoms. The average Bonchev–Trinajstić information content (AvgIpc) is 2.42. The first-order chi connectivity index (χ1) is 9.88. The number of aryl methyl sites for hydroxylation is 1. The van der Waals surface area contributed by atoms with Crippen LogP contribution in [0.4, 0.5) is 0 Å². The Labute approximate surface area is 138 Å². The molecule has 0 bridgehead atoms. The smallest absolute Gasteiger partial charge is 0.336 e. The minimum atomic E-state index is -1.35. The molecule has 1 unspecified atom stereocenters. The van der Waals surface area contributed by atoms with E-state index < -0.39 is 16.8 Å². The predicted molar refractivity (Wildman–Crippen MR) is 87.4 cm³/mol. The number of hydrogen-bond donors (Lipinski definition) is 1. The maximum absolute atomic E-state index is 12.4. The van der Waals surface area contributed by atoms with Gasteiger partial charge in [0.05, 0.1) is 22.1 Å². The Balaban J connectivity index is 2.28. The van der Waals surface area contributed by atoms with Gasteiger partial charge in [0.25, 0.3) is 0 Å². The van der Waals surface area contributed by atoms with Gasteiger partial charge in [-0.2, -0.15) is 0 Å². The lowest BCUT2D eigenvalue weighted by Crippen LogP contribution is -2.02. The number of carbonyl (C=O) groups is 1. The van der Waals surface area contributed by atoms with Crippen molar-refractivity contribution in [3.8, 4) is 0 Å². The van der Waals surface area contributed by atoms with Crippen LogP contribution in [0.15, 0.2) is 45.8 Å². The van der Waals surface area contributed by atoms with E-state index in [0.717, 1.165) is 11.1 Å². The SMILES string of the molecule is Cc1ccc(CS(=O)c2ccc(Br)c(C(=O)O)c2)c(Cl)c1. The first kappa shape index (κ1) is 16.2. The molecule has 3 nitrogen and oxygen atoms in total. The molecule has 2 aromatic carbocycles. The topological polar surface area (TPSA) is 54.4 Å². The summed E-state index contributed by atoms with van der Waals surface area (Å²) < 4.78 is 12.8. The van der Waals surface area contributed by atoms with Crippen molar-refractivity contribution in [2.24, 2.45) is 0 Å². The molecule has 0 radical (unpaired) electrons. The largest absolute Gasteiger partial charge is 0.478 e. The molecule has 110 valence electrons. The minimum absolute atomic E-state index is 0.0934. The van der Waals surface area contributed by atoms with Crippen molar-refractivity contribution in [1.29, 1.82) is 0 Å². The predicted octanol–water partition coefficient (Wildman–Crippen LogP) is 4.42. The molecule has 0 saturated carbocycles. The summed E-state index contributed by atoms with van der Waals surface area (Å²) >= 11 is 9.30. The van der Waals surface area contributed by atoms with Crippen molar-refractivity contribution in [1.82, 2.24) is 0 Å². The van der Waals surface area contributed by atoms with Crippen LogP contribution in [0, 0.1) is 6.92 Å². The molecule has 0 fully saturated rings. The van der Waals surface area contributed by atoms with E-state index in [1.807, 2.05) is 25.1 Å². The molecule has 0 spiro atoms. The van der Waals surface area contributed by atoms with Crippen LogP contribution < -0.4 is 0 Å². The lowest BCUT2D eigenvalue weighted by molar-refractivity contribution is 0.0695. The van der Waals surface area contributed by atoms with Gasteiger partial charge >= 0.3 is 5.97 Å². The second-order valence-electron chi connectivity index (χ2n) is 4.53. The van der Waals surface area contributed by atoms with E-state index in [0.29, 0.717) is 14.4 Å². The van der Waals surface area contributed by atoms with Crippen molar-refractivity contribution in [3.05, 3.63) is 62.6 Å². The zero-order valence-corrected chi connectivity index (χ0v) is 14.3. The van der Waals surface area contributed by atoms with Gasteiger partial charge in [0.2, 0.25) is 0 Å². The summed E-state index contributed by atoms with van der Waals surface area (Å²) in [5.74, 6) is -0.811. The summed E-state index contributed by atoms with van der Waals surface area (Å²) in [6.45, 7) is 1.93. The van der Waals surface area contributed by atoms with Crippen LogP contribution in [0.2, 0.25) is 5.02 Å². The van der Waals surface area contributed by atoms with Crippen LogP contribution in [0.25, 0.3) is 0 Å². The second-order valence-corrected chi connectivity index (χ2v) is 7.24. The third kappa shape index (κ3) is 3.93. The fourth-order valence-corrected chi connectivity index (χ4v) is 3.77. The highest BCUT2D eigenvalue weighted by atomic mass is 79.9. The van der Waals surface area contributed by atoms with Gasteiger partial charge in [0, 0.05) is 14.4 Å². The first-order valence-corrected chi connectivity index (χ1v) is 8.53. The molecule has 0 aliphatic carbocycles. The van der Waals surface area contributed by atoms with Crippen LogP contribution in [0.5, 0.6) is 0 Å². The minimum Gasteiger partial charge on any atom is -0.478 e. The van der Waals surface area contributed by atoms with Gasteiger partial charge in [-0.05, 0) is 58.2 Å². The zero-order valence-electron chi connectivity index (χ0n) is 11.1. The molecular weight excluding hydrogens is 376 g/mol. The molecule has 2 rings (SSSR count). The van der Waals surface area contributed by atoms with Gasteiger partial charge in [-0.1, -0.05) is 23.7 Å². The molecule has 0 aliphatic rings. The summed E-state index contributed by atoms with van der Waals surface area (Å²) in [5.41, 5.74) is 1.91. The molecule has 0 aromatic heterocycles. The van der Waals surface area contributed by atoms with Crippen molar-refractivity contribution in [2.75, 3.05) is 0 Å². The van der Waals surface area contributed by atoms with E-state index in [1.165, 1.54) is 6.07 Å². The van der Waals surface area contributed by atoms with E-state index in [9.17, 15) is 9.00 Å². The van der Waals surface area contributed by atoms with E-state index >= 15 is 0 Å². The maximum Gasteiger partial charge on any atom is 0.336 e. The highest BCUT2D eigenvalue weighted by molar-refractivity contribution is 9.10. The van der Waals surface area contributed by atoms with Gasteiger partial charge < -0.3 is 5.11 Å². The molecule has 1 N–H and O–H groups in total. The third-order valence-electron chi connectivity index (χ3n) is 2.93. The van der Waals surface area contributed by atoms with Crippen molar-refractivity contribution >= 4 is 44.3 Å². The Bertz CT molecular complexity index is 731. The lowest BCUT2D eigenvalue weighted by Gasteiger charge is -2.07. The molecule has 0 saturated heterocycles. The molecule has 6 heteroatoms. The second kappa shape index (κ2) is 6.73. The summed E-state index contributed by atoms with van der Waals surface area (Å²) in [6, 6.07) is 10.2. The Morgan fingerprint density at radius 1 is 1.29 bits per heavy atom. The van der Waals surface area contributed by atoms with Gasteiger partial charge in [-0.15, -0.1) is 0 Å². The number of rotatable bonds is 4. The summed E-state index contributed by atoms with van der Waals surface area (Å²) in [5, 5.41) is 9.65. The quantitative estimate of drug-likeness (QED) is 0.845. The van der Waals surface area contributed by atoms with Gasteiger partial charge in [-0.25, -0.2) is 4.79 Å². The normalized spacial score (nSPS) is 12.1. The molecular formula is C15H12BrClO3S. The number of halogens is 2. The summed E-state index contributed by atoms with van der Waals surface area (Å²) in [4.78, 5) is 11.6. The van der Waals surface area contributed by atoms with Crippen molar-refractivity contribution < 1.29 is 14.1 Å². The number of carboxylic acid groups (broad SMARTS) is 1. The Morgan fingerprint density at radius 2 is 2.00 bits per heavy atom. The number of aromatic carboxylic acids is 1. The highest BCUT2D eigenvalue weighted by Gasteiger charge is 2.13. The van der Waals surface area contributed by atoms with Crippen LogP contribution in [0.1, 0.15) is 21.5 Å². The first-order valence-electron chi connectivity index (χ1n) is 6.04. The average molecular weight is 388 g/mol. The van der Waals surface area contributed by atoms with E-state index in [-0.39, 0.29) is 11.3 Å². The molecule has 0 aliphatic heterocycles. The van der Waals surface area contributed by atoms with Gasteiger partial charge in [0.1, 0.15) is 0 Å². The summed E-state index contributed by atoms with van der Waals surface area (Å²) in [7, 11) is -1.35. The fourth-order valence-electron chi connectivity index (χ4n) is 1.80. The molecule has 1 atom stereocenters. The zero-order chi connectivity index (χ0) is 15.6. The van der Waals surface area contributed by atoms with Crippen LogP contribution >= 0.6 is 27.5 Å². The van der Waals surface area contributed by atoms with Crippen molar-refractivity contribution in [2.45, 2.75) is 17.6 Å². The van der Waals surface area contributed by atoms with Crippen LogP contribution in [-0.4, -0.2) is 15.3 Å². The summed E-state index contributed by atoms with van der Waals surface area (Å²) in [6.07, 6.45) is 0. The highest BCUT2D eigenvalue weighted by Crippen LogP contribution is 2.24. The Kier molecular flexibility index (Phi) is 5.19. The van der Waals surface area contributed by atoms with Crippen LogP contribution in [-0.2, 0) is 16.6 Å². The van der Waals surface area contributed by atoms with E-state index in [2.05, 4.69) is 15.9 Å². The molecule has 0 heterocycles. The van der Waals surface area contributed by atoms with Gasteiger partial charge in [0.15, 0.2) is 0 Å². The Morgan fingerprint density at radius 3 is 2.62 bits per heavy atom. The monoisotopic (exact) mass is 386 g/mol. The third-order valence-corrected chi connectivity index (χ3v) is 5.32. The standard InChI is InChI=1S/C15H12BrClO3S/c1-9-2-3-10(14(17)6-9)8-21(20)11-4-5-13(16)12(7-11)15(18)19/h2-7H,8H2,1H3,(H,18,19). The maximum atomic E-state index is 12.4. The Hall–Kier alpha value is -1.17. The number of benzene rings is 2. The number of hydrogen-bond acceptors (Lipinski definition) is 2.